The molecule has 1 aromatic heterocycles. The fraction of sp³-hybridized carbons (Fsp3) is 0.375. The van der Waals surface area contributed by atoms with Crippen molar-refractivity contribution in [3.63, 3.8) is 0 Å². The van der Waals surface area contributed by atoms with Crippen LogP contribution in [0.5, 0.6) is 0 Å². The smallest absolute Gasteiger partial charge is 0.132 e. The molecule has 2 nitrogen and oxygen atoms in total. The summed E-state index contributed by atoms with van der Waals surface area (Å²) in [6.45, 7) is 9.20. The highest BCUT2D eigenvalue weighted by Gasteiger charge is 2.16. The molecule has 0 bridgehead atoms. The summed E-state index contributed by atoms with van der Waals surface area (Å²) >= 11 is 1.68. The number of thiophene rings is 1. The average molecular weight is 292 g/mol. The van der Waals surface area contributed by atoms with Crippen LogP contribution in [0.2, 0.25) is 0 Å². The van der Waals surface area contributed by atoms with Gasteiger partial charge in [-0.3, -0.25) is 4.90 Å². The molecule has 0 amide bonds. The van der Waals surface area contributed by atoms with Crippen molar-refractivity contribution in [3.8, 4) is 0 Å². The van der Waals surface area contributed by atoms with Crippen LogP contribution in [-0.2, 0) is 13.1 Å². The second kappa shape index (κ2) is 6.97. The molecule has 0 fully saturated rings. The Balaban J connectivity index is 2.47. The fourth-order valence-electron chi connectivity index (χ4n) is 2.40. The minimum Gasteiger partial charge on any atom is -0.315 e. The highest BCUT2D eigenvalue weighted by Crippen LogP contribution is 2.34. The molecule has 1 heterocycles. The first-order valence-electron chi connectivity index (χ1n) is 6.87. The zero-order valence-electron chi connectivity index (χ0n) is 12.1. The number of hydrogen-bond acceptors (Lipinski definition) is 3. The first-order valence-corrected chi connectivity index (χ1v) is 7.69. The van der Waals surface area contributed by atoms with Crippen molar-refractivity contribution in [2.45, 2.75) is 20.0 Å². The summed E-state index contributed by atoms with van der Waals surface area (Å²) in [7, 11) is 1.92. The lowest BCUT2D eigenvalue weighted by Gasteiger charge is -2.19. The predicted molar refractivity (Wildman–Crippen MR) is 85.7 cm³/mol. The molecule has 0 atom stereocenters. The molecule has 20 heavy (non-hydrogen) atoms. The Hall–Kier alpha value is -1.23. The SMILES string of the molecule is C=CCN(CC)Cc1c(CNC)sc2cccc(F)c12. The molecule has 0 unspecified atom stereocenters. The van der Waals surface area contributed by atoms with Gasteiger partial charge in [0.15, 0.2) is 0 Å². The van der Waals surface area contributed by atoms with E-state index in [-0.39, 0.29) is 5.82 Å². The van der Waals surface area contributed by atoms with E-state index in [0.29, 0.717) is 0 Å². The number of nitrogens with one attached hydrogen (secondary N) is 1. The summed E-state index contributed by atoms with van der Waals surface area (Å²) in [5, 5.41) is 3.96. The van der Waals surface area contributed by atoms with Gasteiger partial charge in [0.1, 0.15) is 5.82 Å². The molecule has 1 N–H and O–H groups in total. The van der Waals surface area contributed by atoms with Crippen molar-refractivity contribution in [2.75, 3.05) is 20.1 Å². The topological polar surface area (TPSA) is 15.3 Å². The van der Waals surface area contributed by atoms with Crippen molar-refractivity contribution < 1.29 is 4.39 Å². The van der Waals surface area contributed by atoms with E-state index in [9.17, 15) is 4.39 Å². The van der Waals surface area contributed by atoms with Crippen molar-refractivity contribution in [2.24, 2.45) is 0 Å². The summed E-state index contributed by atoms with van der Waals surface area (Å²) in [6, 6.07) is 5.32. The van der Waals surface area contributed by atoms with Crippen molar-refractivity contribution >= 4 is 21.4 Å². The number of fused-ring (bicyclic) bond motifs is 1. The number of nitrogens with zero attached hydrogens (tertiary/aromatic N) is 1. The molecular weight excluding hydrogens is 271 g/mol. The van der Waals surface area contributed by atoms with Crippen LogP contribution in [0.15, 0.2) is 30.9 Å². The molecule has 0 aliphatic carbocycles. The third kappa shape index (κ3) is 3.08. The van der Waals surface area contributed by atoms with Gasteiger partial charge < -0.3 is 5.32 Å². The standard InChI is InChI=1S/C16H21FN2S/c1-4-9-19(5-2)11-12-15(10-18-3)20-14-8-6-7-13(17)16(12)14/h4,6-8,18H,1,5,9-11H2,2-3H3. The third-order valence-corrected chi connectivity index (χ3v) is 4.60. The monoisotopic (exact) mass is 292 g/mol. The molecular formula is C16H21FN2S. The molecule has 2 rings (SSSR count). The van der Waals surface area contributed by atoms with Gasteiger partial charge in [-0.15, -0.1) is 17.9 Å². The molecule has 108 valence electrons. The van der Waals surface area contributed by atoms with Crippen LogP contribution in [0.4, 0.5) is 4.39 Å². The lowest BCUT2D eigenvalue weighted by molar-refractivity contribution is 0.311. The molecule has 0 aliphatic rings. The van der Waals surface area contributed by atoms with E-state index in [0.717, 1.165) is 41.8 Å². The summed E-state index contributed by atoms with van der Waals surface area (Å²) in [4.78, 5) is 3.48. The number of halogens is 1. The van der Waals surface area contributed by atoms with Crippen molar-refractivity contribution in [3.05, 3.63) is 47.1 Å². The van der Waals surface area contributed by atoms with Crippen molar-refractivity contribution in [1.29, 1.82) is 0 Å². The number of rotatable bonds is 7. The minimum absolute atomic E-state index is 0.120. The summed E-state index contributed by atoms with van der Waals surface area (Å²) < 4.78 is 15.2. The maximum Gasteiger partial charge on any atom is 0.132 e. The lowest BCUT2D eigenvalue weighted by atomic mass is 10.1. The Kier molecular flexibility index (Phi) is 5.29. The van der Waals surface area contributed by atoms with E-state index in [1.807, 2.05) is 19.2 Å². The van der Waals surface area contributed by atoms with Gasteiger partial charge in [0.2, 0.25) is 0 Å². The van der Waals surface area contributed by atoms with Gasteiger partial charge >= 0.3 is 0 Å². The van der Waals surface area contributed by atoms with Crippen molar-refractivity contribution in [1.82, 2.24) is 10.2 Å². The minimum atomic E-state index is -0.120. The van der Waals surface area contributed by atoms with E-state index < -0.39 is 0 Å². The lowest BCUT2D eigenvalue weighted by Crippen LogP contribution is -2.23. The predicted octanol–water partition coefficient (Wildman–Crippen LogP) is 3.77. The Morgan fingerprint density at radius 3 is 2.90 bits per heavy atom. The summed E-state index contributed by atoms with van der Waals surface area (Å²) in [5.41, 5.74) is 1.11. The molecule has 4 heteroatoms. The Bertz CT molecular complexity index is 591. The highest BCUT2D eigenvalue weighted by molar-refractivity contribution is 7.19. The maximum atomic E-state index is 14.2. The van der Waals surface area contributed by atoms with Crippen LogP contribution in [-0.4, -0.2) is 25.0 Å². The quantitative estimate of drug-likeness (QED) is 0.782. The molecule has 1 aromatic carbocycles. The number of benzene rings is 1. The Morgan fingerprint density at radius 2 is 2.25 bits per heavy atom. The van der Waals surface area contributed by atoms with Crippen LogP contribution in [0, 0.1) is 5.82 Å². The molecule has 0 saturated heterocycles. The average Bonchev–Trinajstić information content (AvgIpc) is 2.78. The normalized spacial score (nSPS) is 11.4. The van der Waals surface area contributed by atoms with E-state index in [4.69, 9.17) is 0 Å². The zero-order valence-corrected chi connectivity index (χ0v) is 12.9. The van der Waals surface area contributed by atoms with E-state index >= 15 is 0 Å². The third-order valence-electron chi connectivity index (χ3n) is 3.40. The fourth-order valence-corrected chi connectivity index (χ4v) is 3.64. The van der Waals surface area contributed by atoms with E-state index in [1.54, 1.807) is 23.5 Å². The highest BCUT2D eigenvalue weighted by atomic mass is 32.1. The summed E-state index contributed by atoms with van der Waals surface area (Å²) in [6.07, 6.45) is 1.90. The molecule has 0 radical (unpaired) electrons. The first kappa shape index (κ1) is 15.2. The van der Waals surface area contributed by atoms with Gasteiger partial charge in [0.05, 0.1) is 0 Å². The number of likely N-dealkylation sites (N-methyl/N-ethyl adjacent to an activating group) is 1. The van der Waals surface area contributed by atoms with Gasteiger partial charge in [-0.1, -0.05) is 19.1 Å². The molecule has 0 saturated carbocycles. The first-order chi connectivity index (χ1) is 9.71. The largest absolute Gasteiger partial charge is 0.315 e. The number of hydrogen-bond donors (Lipinski definition) is 1. The molecule has 0 spiro atoms. The van der Waals surface area contributed by atoms with E-state index in [2.05, 4.69) is 23.7 Å². The van der Waals surface area contributed by atoms with Crippen LogP contribution in [0.25, 0.3) is 10.1 Å². The van der Waals surface area contributed by atoms with Gasteiger partial charge in [0.25, 0.3) is 0 Å². The zero-order chi connectivity index (χ0) is 14.5. The maximum absolute atomic E-state index is 14.2. The summed E-state index contributed by atoms with van der Waals surface area (Å²) in [5.74, 6) is -0.120. The molecule has 2 aromatic rings. The second-order valence-electron chi connectivity index (χ2n) is 4.76. The van der Waals surface area contributed by atoms with Gasteiger partial charge in [-0.05, 0) is 31.3 Å². The van der Waals surface area contributed by atoms with Crippen LogP contribution in [0.1, 0.15) is 17.4 Å². The van der Waals surface area contributed by atoms with Crippen LogP contribution < -0.4 is 5.32 Å². The van der Waals surface area contributed by atoms with Gasteiger partial charge in [-0.25, -0.2) is 4.39 Å². The Labute approximate surface area is 123 Å². The molecule has 0 aliphatic heterocycles. The Morgan fingerprint density at radius 1 is 1.45 bits per heavy atom. The van der Waals surface area contributed by atoms with Crippen LogP contribution >= 0.6 is 11.3 Å². The van der Waals surface area contributed by atoms with Gasteiger partial charge in [-0.2, -0.15) is 0 Å². The van der Waals surface area contributed by atoms with Gasteiger partial charge in [0, 0.05) is 34.6 Å². The second-order valence-corrected chi connectivity index (χ2v) is 5.90. The van der Waals surface area contributed by atoms with Crippen LogP contribution in [0.3, 0.4) is 0 Å². The van der Waals surface area contributed by atoms with E-state index in [1.165, 1.54) is 4.88 Å².